The maximum Gasteiger partial charge on any atom is 0.252 e. The van der Waals surface area contributed by atoms with E-state index >= 15 is 0 Å². The fourth-order valence-corrected chi connectivity index (χ4v) is 2.75. The Morgan fingerprint density at radius 2 is 1.75 bits per heavy atom. The van der Waals surface area contributed by atoms with Crippen molar-refractivity contribution < 1.29 is 14.3 Å². The lowest BCUT2D eigenvalue weighted by Gasteiger charge is -2.08. The zero-order valence-corrected chi connectivity index (χ0v) is 13.4. The summed E-state index contributed by atoms with van der Waals surface area (Å²) in [5.74, 6) is -0.407. The van der Waals surface area contributed by atoms with E-state index in [0.717, 1.165) is 17.4 Å². The predicted molar refractivity (Wildman–Crippen MR) is 92.4 cm³/mol. The van der Waals surface area contributed by atoms with Crippen molar-refractivity contribution in [3.05, 3.63) is 65.9 Å². The van der Waals surface area contributed by atoms with Crippen LogP contribution in [0.4, 0.5) is 0 Å². The van der Waals surface area contributed by atoms with Crippen molar-refractivity contribution >= 4 is 22.6 Å². The third-order valence-electron chi connectivity index (χ3n) is 3.94. The van der Waals surface area contributed by atoms with E-state index in [9.17, 15) is 9.59 Å². The van der Waals surface area contributed by atoms with E-state index in [0.29, 0.717) is 11.3 Å². The second kappa shape index (κ2) is 6.58. The van der Waals surface area contributed by atoms with Crippen LogP contribution in [-0.2, 0) is 6.54 Å². The molecule has 5 nitrogen and oxygen atoms in total. The molecule has 3 aromatic rings. The van der Waals surface area contributed by atoms with Gasteiger partial charge >= 0.3 is 0 Å². The summed E-state index contributed by atoms with van der Waals surface area (Å²) in [6.45, 7) is 2.65. The number of benzene rings is 2. The number of carbonyl (C=O) groups is 2. The van der Waals surface area contributed by atoms with Crippen LogP contribution in [0.5, 0.6) is 5.75 Å². The first-order chi connectivity index (χ1) is 11.6. The van der Waals surface area contributed by atoms with Gasteiger partial charge in [-0.25, -0.2) is 0 Å². The first-order valence-corrected chi connectivity index (χ1v) is 7.74. The molecule has 0 saturated heterocycles. The molecule has 0 unspecified atom stereocenters. The molecule has 0 aliphatic rings. The van der Waals surface area contributed by atoms with Crippen LogP contribution in [-0.4, -0.2) is 22.9 Å². The smallest absolute Gasteiger partial charge is 0.252 e. The summed E-state index contributed by atoms with van der Waals surface area (Å²) < 4.78 is 7.57. The van der Waals surface area contributed by atoms with E-state index in [1.54, 1.807) is 24.3 Å². The van der Waals surface area contributed by atoms with Crippen molar-refractivity contribution in [3.63, 3.8) is 0 Å². The summed E-state index contributed by atoms with van der Waals surface area (Å²) in [7, 11) is 0. The molecule has 1 amide bonds. The van der Waals surface area contributed by atoms with E-state index in [-0.39, 0.29) is 18.0 Å². The quantitative estimate of drug-likeness (QED) is 0.709. The van der Waals surface area contributed by atoms with Gasteiger partial charge < -0.3 is 15.0 Å². The Morgan fingerprint density at radius 3 is 2.50 bits per heavy atom. The molecule has 0 radical (unpaired) electrons. The van der Waals surface area contributed by atoms with Gasteiger partial charge in [0.25, 0.3) is 5.91 Å². The summed E-state index contributed by atoms with van der Waals surface area (Å²) >= 11 is 0. The zero-order valence-electron chi connectivity index (χ0n) is 13.4. The Hall–Kier alpha value is -3.08. The lowest BCUT2D eigenvalue weighted by Crippen LogP contribution is -2.16. The number of para-hydroxylation sites is 2. The summed E-state index contributed by atoms with van der Waals surface area (Å²) in [5, 5.41) is 0.899. The number of fused-ring (bicyclic) bond motifs is 1. The van der Waals surface area contributed by atoms with Gasteiger partial charge in [0.2, 0.25) is 5.78 Å². The van der Waals surface area contributed by atoms with Crippen LogP contribution in [0.1, 0.15) is 27.6 Å². The number of hydrogen-bond donors (Lipinski definition) is 1. The molecule has 2 aromatic carbocycles. The molecule has 3 rings (SSSR count). The minimum absolute atomic E-state index is 0.141. The number of ether oxygens (including phenoxy) is 1. The number of aromatic nitrogens is 1. The number of carbonyl (C=O) groups excluding carboxylic acids is 2. The van der Waals surface area contributed by atoms with Gasteiger partial charge in [-0.15, -0.1) is 0 Å². The first kappa shape index (κ1) is 15.8. The Balaban J connectivity index is 1.85. The number of rotatable bonds is 6. The van der Waals surface area contributed by atoms with Gasteiger partial charge in [-0.05, 0) is 25.1 Å². The number of aryl methyl sites for hydroxylation is 1. The van der Waals surface area contributed by atoms with E-state index in [2.05, 4.69) is 0 Å². The Labute approximate surface area is 139 Å². The third-order valence-corrected chi connectivity index (χ3v) is 3.94. The Kier molecular flexibility index (Phi) is 4.33. The average molecular weight is 322 g/mol. The number of hydrogen-bond acceptors (Lipinski definition) is 3. The monoisotopic (exact) mass is 322 g/mol. The predicted octanol–water partition coefficient (Wildman–Crippen LogP) is 3.02. The molecule has 0 atom stereocenters. The number of amides is 1. The summed E-state index contributed by atoms with van der Waals surface area (Å²) in [4.78, 5) is 24.0. The second-order valence-corrected chi connectivity index (χ2v) is 5.42. The molecule has 0 saturated carbocycles. The SMILES string of the molecule is CCn1cc(C(=O)COc2ccccc2C(N)=O)c2ccccc21. The van der Waals surface area contributed by atoms with E-state index in [1.165, 1.54) is 0 Å². The maximum absolute atomic E-state index is 12.6. The average Bonchev–Trinajstić information content (AvgIpc) is 2.99. The van der Waals surface area contributed by atoms with Gasteiger partial charge in [0.05, 0.1) is 5.56 Å². The van der Waals surface area contributed by atoms with Crippen molar-refractivity contribution in [1.29, 1.82) is 0 Å². The molecule has 1 aromatic heterocycles. The Morgan fingerprint density at radius 1 is 1.04 bits per heavy atom. The first-order valence-electron chi connectivity index (χ1n) is 7.74. The molecule has 0 spiro atoms. The van der Waals surface area contributed by atoms with Gasteiger partial charge in [-0.2, -0.15) is 0 Å². The normalized spacial score (nSPS) is 10.7. The molecule has 5 heteroatoms. The largest absolute Gasteiger partial charge is 0.485 e. The lowest BCUT2D eigenvalue weighted by molar-refractivity contribution is 0.0913. The van der Waals surface area contributed by atoms with Crippen LogP contribution < -0.4 is 10.5 Å². The third kappa shape index (κ3) is 2.88. The van der Waals surface area contributed by atoms with Gasteiger partial charge in [-0.1, -0.05) is 30.3 Å². The standard InChI is InChI=1S/C19H18N2O3/c1-2-21-11-15(13-7-3-5-9-16(13)21)17(22)12-24-18-10-6-4-8-14(18)19(20)23/h3-11H,2,12H2,1H3,(H2,20,23). The fraction of sp³-hybridized carbons (Fsp3) is 0.158. The minimum Gasteiger partial charge on any atom is -0.485 e. The number of ketones is 1. The van der Waals surface area contributed by atoms with Gasteiger partial charge in [0, 0.05) is 29.2 Å². The van der Waals surface area contributed by atoms with Crippen LogP contribution in [0.15, 0.2) is 54.7 Å². The van der Waals surface area contributed by atoms with Gasteiger partial charge in [-0.3, -0.25) is 9.59 Å². The van der Waals surface area contributed by atoms with Crippen molar-refractivity contribution in [1.82, 2.24) is 4.57 Å². The molecule has 2 N–H and O–H groups in total. The highest BCUT2D eigenvalue weighted by Crippen LogP contribution is 2.23. The Bertz CT molecular complexity index is 912. The van der Waals surface area contributed by atoms with Crippen molar-refractivity contribution in [2.75, 3.05) is 6.61 Å². The molecule has 0 bridgehead atoms. The number of primary amides is 1. The zero-order chi connectivity index (χ0) is 17.1. The highest BCUT2D eigenvalue weighted by molar-refractivity contribution is 6.09. The molecule has 0 aliphatic heterocycles. The van der Waals surface area contributed by atoms with Crippen LogP contribution in [0.3, 0.4) is 0 Å². The molecular weight excluding hydrogens is 304 g/mol. The highest BCUT2D eigenvalue weighted by atomic mass is 16.5. The van der Waals surface area contributed by atoms with E-state index in [4.69, 9.17) is 10.5 Å². The van der Waals surface area contributed by atoms with Crippen LogP contribution >= 0.6 is 0 Å². The molecule has 122 valence electrons. The van der Waals surface area contributed by atoms with Gasteiger partial charge in [0.1, 0.15) is 5.75 Å². The summed E-state index contributed by atoms with van der Waals surface area (Å²) in [6.07, 6.45) is 1.84. The van der Waals surface area contributed by atoms with Crippen LogP contribution in [0.25, 0.3) is 10.9 Å². The molecular formula is C19H18N2O3. The maximum atomic E-state index is 12.6. The van der Waals surface area contributed by atoms with Crippen molar-refractivity contribution in [2.45, 2.75) is 13.5 Å². The summed E-state index contributed by atoms with van der Waals surface area (Å²) in [5.41, 5.74) is 7.22. The second-order valence-electron chi connectivity index (χ2n) is 5.42. The molecule has 0 fully saturated rings. The van der Waals surface area contributed by atoms with Gasteiger partial charge in [0.15, 0.2) is 6.61 Å². The number of nitrogens with two attached hydrogens (primary N) is 1. The minimum atomic E-state index is -0.583. The molecule has 1 heterocycles. The fourth-order valence-electron chi connectivity index (χ4n) is 2.75. The molecule has 0 aliphatic carbocycles. The summed E-state index contributed by atoms with van der Waals surface area (Å²) in [6, 6.07) is 14.4. The molecule has 24 heavy (non-hydrogen) atoms. The number of Topliss-reactive ketones (excluding diaryl/α,β-unsaturated/α-hetero) is 1. The van der Waals surface area contributed by atoms with Crippen LogP contribution in [0, 0.1) is 0 Å². The van der Waals surface area contributed by atoms with E-state index in [1.807, 2.05) is 42.0 Å². The van der Waals surface area contributed by atoms with Crippen molar-refractivity contribution in [2.24, 2.45) is 5.73 Å². The lowest BCUT2D eigenvalue weighted by atomic mass is 10.1. The topological polar surface area (TPSA) is 74.3 Å². The number of nitrogens with zero attached hydrogens (tertiary/aromatic N) is 1. The highest BCUT2D eigenvalue weighted by Gasteiger charge is 2.16. The van der Waals surface area contributed by atoms with Crippen molar-refractivity contribution in [3.8, 4) is 5.75 Å². The van der Waals surface area contributed by atoms with E-state index < -0.39 is 5.91 Å². The van der Waals surface area contributed by atoms with Crippen LogP contribution in [0.2, 0.25) is 0 Å².